The number of sulfonamides is 1. The van der Waals surface area contributed by atoms with Crippen molar-refractivity contribution in [3.8, 4) is 0 Å². The molecule has 0 N–H and O–H groups in total. The Morgan fingerprint density at radius 3 is 2.27 bits per heavy atom. The van der Waals surface area contributed by atoms with E-state index >= 15 is 0 Å². The number of benzene rings is 1. The van der Waals surface area contributed by atoms with Crippen LogP contribution in [0.2, 0.25) is 5.02 Å². The van der Waals surface area contributed by atoms with Crippen LogP contribution < -0.4 is 4.90 Å². The van der Waals surface area contributed by atoms with Crippen molar-refractivity contribution in [3.05, 3.63) is 64.8 Å². The summed E-state index contributed by atoms with van der Waals surface area (Å²) in [6, 6.07) is 10.4. The third-order valence-corrected chi connectivity index (χ3v) is 8.68. The number of nitrogens with zero attached hydrogens (tertiary/aromatic N) is 4. The summed E-state index contributed by atoms with van der Waals surface area (Å²) in [5.74, 6) is -0.481. The second-order valence-electron chi connectivity index (χ2n) is 9.08. The highest BCUT2D eigenvalue weighted by Gasteiger charge is 2.43. The van der Waals surface area contributed by atoms with Crippen LogP contribution in [0.1, 0.15) is 18.4 Å². The summed E-state index contributed by atoms with van der Waals surface area (Å²) in [5, 5.41) is 1.44. The van der Waals surface area contributed by atoms with E-state index in [1.807, 2.05) is 12.1 Å². The van der Waals surface area contributed by atoms with Crippen LogP contribution in [-0.4, -0.2) is 82.1 Å². The van der Waals surface area contributed by atoms with Gasteiger partial charge in [-0.15, -0.1) is 0 Å². The number of halogens is 1. The van der Waals surface area contributed by atoms with Gasteiger partial charge in [-0.25, -0.2) is 12.6 Å². The highest BCUT2D eigenvalue weighted by Crippen LogP contribution is 2.26. The van der Waals surface area contributed by atoms with Crippen molar-refractivity contribution in [1.29, 1.82) is 0 Å². The van der Waals surface area contributed by atoms with E-state index in [-0.39, 0.29) is 19.0 Å². The molecule has 0 bridgehead atoms. The first-order valence-corrected chi connectivity index (χ1v) is 15.5. The minimum atomic E-state index is -4.17. The number of carbonyl (C=O) groups is 1. The van der Waals surface area contributed by atoms with Crippen LogP contribution in [0, 0.1) is 5.92 Å². The maximum Gasteiger partial charge on any atom is 0.269 e. The lowest BCUT2D eigenvalue weighted by atomic mass is 9.95. The summed E-state index contributed by atoms with van der Waals surface area (Å²) in [4.78, 5) is 21.1. The molecule has 1 atom stereocenters. The van der Waals surface area contributed by atoms with E-state index in [1.165, 1.54) is 11.0 Å². The number of pyridine rings is 1. The average Bonchev–Trinajstić information content (AvgIpc) is 2.86. The van der Waals surface area contributed by atoms with Crippen molar-refractivity contribution in [2.24, 2.45) is 5.92 Å². The fourth-order valence-corrected chi connectivity index (χ4v) is 6.40. The Morgan fingerprint density at radius 1 is 1.00 bits per heavy atom. The summed E-state index contributed by atoms with van der Waals surface area (Å²) in [6.07, 6.45) is 5.55. The molecule has 1 aromatic heterocycles. The van der Waals surface area contributed by atoms with Crippen LogP contribution in [0.3, 0.4) is 0 Å². The number of anilines is 1. The molecule has 200 valence electrons. The van der Waals surface area contributed by atoms with Crippen LogP contribution in [0.25, 0.3) is 6.08 Å². The first-order valence-electron chi connectivity index (χ1n) is 11.8. The van der Waals surface area contributed by atoms with Crippen molar-refractivity contribution in [3.63, 3.8) is 0 Å². The molecule has 3 heterocycles. The molecule has 2 saturated heterocycles. The Labute approximate surface area is 222 Å². The van der Waals surface area contributed by atoms with E-state index in [2.05, 4.69) is 9.88 Å². The molecular formula is C24H29ClN4O6S2. The minimum Gasteiger partial charge on any atom is -0.371 e. The Hall–Kier alpha value is -2.51. The molecule has 13 heteroatoms. The molecule has 0 radical (unpaired) electrons. The second kappa shape index (κ2) is 11.5. The number of amides is 1. The van der Waals surface area contributed by atoms with Crippen LogP contribution in [0.15, 0.2) is 54.2 Å². The highest BCUT2D eigenvalue weighted by atomic mass is 35.5. The fraction of sp³-hybridized carbons (Fsp3) is 0.417. The van der Waals surface area contributed by atoms with E-state index in [4.69, 9.17) is 15.8 Å². The molecule has 10 nitrogen and oxygen atoms in total. The van der Waals surface area contributed by atoms with E-state index in [9.17, 15) is 21.6 Å². The predicted molar refractivity (Wildman–Crippen MR) is 142 cm³/mol. The van der Waals surface area contributed by atoms with E-state index in [1.54, 1.807) is 36.7 Å². The molecule has 1 amide bonds. The SMILES string of the molecule is CS(=O)(=O)OC1C(=O)N(CC2CCN(c3ccncc3)CC2)CCN1S(=O)(=O)/C=C/c1ccc(Cl)cc1. The number of piperazine rings is 1. The molecule has 1 unspecified atom stereocenters. The molecule has 2 aliphatic heterocycles. The number of carbonyl (C=O) groups excluding carboxylic acids is 1. The Morgan fingerprint density at radius 2 is 1.65 bits per heavy atom. The van der Waals surface area contributed by atoms with Gasteiger partial charge in [-0.3, -0.25) is 9.78 Å². The van der Waals surface area contributed by atoms with Gasteiger partial charge in [0.2, 0.25) is 16.3 Å². The molecule has 2 fully saturated rings. The average molecular weight is 569 g/mol. The van der Waals surface area contributed by atoms with Gasteiger partial charge >= 0.3 is 0 Å². The van der Waals surface area contributed by atoms with Crippen LogP contribution in [0.4, 0.5) is 5.69 Å². The van der Waals surface area contributed by atoms with Gasteiger partial charge in [0.15, 0.2) is 0 Å². The van der Waals surface area contributed by atoms with E-state index in [0.717, 1.165) is 47.6 Å². The number of aromatic nitrogens is 1. The zero-order valence-electron chi connectivity index (χ0n) is 20.3. The maximum atomic E-state index is 13.3. The lowest BCUT2D eigenvalue weighted by molar-refractivity contribution is -0.149. The molecule has 0 saturated carbocycles. The molecule has 0 spiro atoms. The Balaban J connectivity index is 1.44. The topological polar surface area (TPSA) is 117 Å². The molecule has 4 rings (SSSR count). The second-order valence-corrected chi connectivity index (χ2v) is 12.9. The largest absolute Gasteiger partial charge is 0.371 e. The number of rotatable bonds is 8. The minimum absolute atomic E-state index is 0.0882. The van der Waals surface area contributed by atoms with Gasteiger partial charge in [0, 0.05) is 61.2 Å². The van der Waals surface area contributed by atoms with Gasteiger partial charge in [-0.1, -0.05) is 23.7 Å². The third kappa shape index (κ3) is 7.29. The normalized spacial score (nSPS) is 20.6. The Kier molecular flexibility index (Phi) is 8.54. The van der Waals surface area contributed by atoms with Crippen molar-refractivity contribution < 1.29 is 25.8 Å². The van der Waals surface area contributed by atoms with Crippen molar-refractivity contribution in [2.75, 3.05) is 43.9 Å². The maximum absolute atomic E-state index is 13.3. The van der Waals surface area contributed by atoms with Gasteiger partial charge < -0.3 is 9.80 Å². The summed E-state index contributed by atoms with van der Waals surface area (Å²) < 4.78 is 55.9. The first-order chi connectivity index (χ1) is 17.5. The van der Waals surface area contributed by atoms with Crippen LogP contribution in [-0.2, 0) is 29.1 Å². The van der Waals surface area contributed by atoms with Gasteiger partial charge in [0.05, 0.1) is 6.26 Å². The Bertz CT molecular complexity index is 1330. The fourth-order valence-electron chi connectivity index (χ4n) is 4.48. The van der Waals surface area contributed by atoms with Crippen molar-refractivity contribution in [1.82, 2.24) is 14.2 Å². The monoisotopic (exact) mass is 568 g/mol. The molecule has 1 aromatic carbocycles. The lowest BCUT2D eigenvalue weighted by Gasteiger charge is -2.41. The number of piperidine rings is 1. The van der Waals surface area contributed by atoms with Gasteiger partial charge in [0.1, 0.15) is 0 Å². The first kappa shape index (κ1) is 27.5. The van der Waals surface area contributed by atoms with Crippen molar-refractivity contribution >= 4 is 49.4 Å². The zero-order chi connectivity index (χ0) is 26.6. The zero-order valence-corrected chi connectivity index (χ0v) is 22.7. The molecular weight excluding hydrogens is 540 g/mol. The summed E-state index contributed by atoms with van der Waals surface area (Å²) >= 11 is 5.87. The van der Waals surface area contributed by atoms with Gasteiger partial charge in [-0.2, -0.15) is 12.7 Å². The van der Waals surface area contributed by atoms with Crippen molar-refractivity contribution in [2.45, 2.75) is 19.1 Å². The summed E-state index contributed by atoms with van der Waals surface area (Å²) in [6.45, 7) is 2.09. The molecule has 2 aliphatic rings. The standard InChI is InChI=1S/C24H29ClN4O6S2/c1-36(31,32)35-24-23(30)28(18-20-8-13-27(14-9-20)22-6-11-26-12-7-22)15-16-29(24)37(33,34)17-10-19-2-4-21(25)5-3-19/h2-7,10-12,17,20,24H,8-9,13-16,18H2,1H3/b17-10+. The smallest absolute Gasteiger partial charge is 0.269 e. The quantitative estimate of drug-likeness (QED) is 0.446. The third-order valence-electron chi connectivity index (χ3n) is 6.39. The summed E-state index contributed by atoms with van der Waals surface area (Å²) in [5.41, 5.74) is 1.67. The molecule has 2 aromatic rings. The molecule has 0 aliphatic carbocycles. The van der Waals surface area contributed by atoms with Crippen LogP contribution in [0.5, 0.6) is 0 Å². The number of hydrogen-bond donors (Lipinski definition) is 0. The lowest BCUT2D eigenvalue weighted by Crippen LogP contribution is -2.60. The van der Waals surface area contributed by atoms with E-state index < -0.39 is 32.3 Å². The number of hydrogen-bond acceptors (Lipinski definition) is 8. The van der Waals surface area contributed by atoms with Crippen LogP contribution >= 0.6 is 11.6 Å². The van der Waals surface area contributed by atoms with Gasteiger partial charge in [0.25, 0.3) is 16.0 Å². The van der Waals surface area contributed by atoms with Gasteiger partial charge in [-0.05, 0) is 54.7 Å². The molecule has 37 heavy (non-hydrogen) atoms. The van der Waals surface area contributed by atoms with E-state index in [0.29, 0.717) is 17.1 Å². The predicted octanol–water partition coefficient (Wildman–Crippen LogP) is 2.40. The summed E-state index contributed by atoms with van der Waals surface area (Å²) in [7, 11) is -8.29. The highest BCUT2D eigenvalue weighted by molar-refractivity contribution is 7.92.